The van der Waals surface area contributed by atoms with Gasteiger partial charge in [-0.15, -0.1) is 0 Å². The van der Waals surface area contributed by atoms with E-state index in [0.29, 0.717) is 25.8 Å². The first kappa shape index (κ1) is 37.8. The number of fused-ring (bicyclic) bond motifs is 1. The van der Waals surface area contributed by atoms with Gasteiger partial charge in [-0.1, -0.05) is 41.5 Å². The second-order valence-electron chi connectivity index (χ2n) is 14.9. The van der Waals surface area contributed by atoms with Gasteiger partial charge in [-0.3, -0.25) is 19.4 Å². The number of aliphatic hydroxyl groups is 1. The third-order valence-electron chi connectivity index (χ3n) is 11.7. The van der Waals surface area contributed by atoms with Crippen LogP contribution in [0, 0.1) is 29.1 Å². The predicted octanol–water partition coefficient (Wildman–Crippen LogP) is 5.30. The molecule has 0 bridgehead atoms. The Hall–Kier alpha value is -2.99. The topological polar surface area (TPSA) is 133 Å². The summed E-state index contributed by atoms with van der Waals surface area (Å²) in [5, 5.41) is 11.4. The van der Waals surface area contributed by atoms with Crippen LogP contribution in [0.4, 0.5) is 0 Å². The van der Waals surface area contributed by atoms with E-state index in [0.717, 1.165) is 24.2 Å². The van der Waals surface area contributed by atoms with Crippen LogP contribution in [-0.4, -0.2) is 85.5 Å². The number of ether oxygens (including phenoxy) is 3. The number of carbonyl (C=O) groups is 3. The third-order valence-corrected chi connectivity index (χ3v) is 11.7. The molecular weight excluding hydrogens is 612 g/mol. The van der Waals surface area contributed by atoms with E-state index in [-0.39, 0.29) is 11.6 Å². The van der Waals surface area contributed by atoms with Crippen LogP contribution < -0.4 is 0 Å². The molecule has 11 heteroatoms. The molecule has 0 radical (unpaired) electrons. The number of unbranched alkanes of at least 4 members (excludes halogenated alkanes) is 1. The molecule has 0 aromatic carbocycles. The number of aliphatic hydroxyl groups excluding tert-OH is 1. The monoisotopic (exact) mass is 668 g/mol. The van der Waals surface area contributed by atoms with Crippen molar-refractivity contribution in [2.24, 2.45) is 29.1 Å². The minimum absolute atomic E-state index is 0.0000617. The highest BCUT2D eigenvalue weighted by Crippen LogP contribution is 2.47. The van der Waals surface area contributed by atoms with Crippen LogP contribution in [0.5, 0.6) is 0 Å². The number of esters is 1. The van der Waals surface area contributed by atoms with E-state index in [1.165, 1.54) is 0 Å². The Morgan fingerprint density at radius 2 is 1.73 bits per heavy atom. The predicted molar refractivity (Wildman–Crippen MR) is 181 cm³/mol. The molecular formula is C37H56N4O7. The quantitative estimate of drug-likeness (QED) is 0.225. The van der Waals surface area contributed by atoms with Crippen molar-refractivity contribution in [2.75, 3.05) is 13.7 Å². The van der Waals surface area contributed by atoms with Crippen LogP contribution in [0.2, 0.25) is 0 Å². The van der Waals surface area contributed by atoms with E-state index in [4.69, 9.17) is 14.2 Å². The fourth-order valence-corrected chi connectivity index (χ4v) is 7.92. The number of pyridine rings is 1. The Morgan fingerprint density at radius 3 is 2.35 bits per heavy atom. The fourth-order valence-electron chi connectivity index (χ4n) is 7.92. The summed E-state index contributed by atoms with van der Waals surface area (Å²) in [4.78, 5) is 52.2. The number of hydrogen-bond acceptors (Lipinski definition) is 10. The normalized spacial score (nSPS) is 35.2. The zero-order chi connectivity index (χ0) is 35.6. The Balaban J connectivity index is 1.62. The lowest BCUT2D eigenvalue weighted by Gasteiger charge is -2.48. The van der Waals surface area contributed by atoms with Crippen molar-refractivity contribution in [3.05, 3.63) is 37.1 Å². The molecule has 2 fully saturated rings. The van der Waals surface area contributed by atoms with E-state index >= 15 is 0 Å². The maximum Gasteiger partial charge on any atom is 0.316 e. The number of rotatable bonds is 8. The van der Waals surface area contributed by atoms with Crippen LogP contribution in [0.3, 0.4) is 0 Å². The number of carbonyl (C=O) groups excluding carboxylic acids is 3. The largest absolute Gasteiger partial charge is 0.459 e. The fraction of sp³-hybridized carbons (Fsp3) is 0.703. The summed E-state index contributed by atoms with van der Waals surface area (Å²) >= 11 is 0. The highest BCUT2D eigenvalue weighted by atomic mass is 16.7. The van der Waals surface area contributed by atoms with Gasteiger partial charge >= 0.3 is 5.97 Å². The molecule has 48 heavy (non-hydrogen) atoms. The van der Waals surface area contributed by atoms with Crippen molar-refractivity contribution in [1.82, 2.24) is 19.4 Å². The van der Waals surface area contributed by atoms with Gasteiger partial charge in [-0.2, -0.15) is 0 Å². The molecule has 2 saturated heterocycles. The lowest BCUT2D eigenvalue weighted by atomic mass is 9.62. The molecule has 1 N–H and O–H groups in total. The molecule has 0 amide bonds. The van der Waals surface area contributed by atoms with Crippen molar-refractivity contribution in [2.45, 2.75) is 124 Å². The minimum atomic E-state index is -1.30. The molecule has 2 aliphatic heterocycles. The summed E-state index contributed by atoms with van der Waals surface area (Å²) in [6, 6.07) is 3.25. The molecule has 2 aromatic rings. The summed E-state index contributed by atoms with van der Waals surface area (Å²) in [6.45, 7) is 17.9. The van der Waals surface area contributed by atoms with E-state index in [1.54, 1.807) is 32.8 Å². The molecule has 11 nitrogen and oxygen atoms in total. The van der Waals surface area contributed by atoms with E-state index in [1.807, 2.05) is 83.2 Å². The molecule has 4 rings (SSSR count). The lowest BCUT2D eigenvalue weighted by molar-refractivity contribution is -0.208. The molecule has 0 aliphatic carbocycles. The summed E-state index contributed by atoms with van der Waals surface area (Å²) in [7, 11) is 1.61. The van der Waals surface area contributed by atoms with Gasteiger partial charge in [-0.05, 0) is 58.6 Å². The van der Waals surface area contributed by atoms with Gasteiger partial charge in [0.15, 0.2) is 0 Å². The Bertz CT molecular complexity index is 1430. The van der Waals surface area contributed by atoms with Crippen molar-refractivity contribution in [3.63, 3.8) is 0 Å². The number of aryl methyl sites for hydroxylation is 1. The van der Waals surface area contributed by atoms with Gasteiger partial charge in [-0.25, -0.2) is 9.88 Å². The number of nitrogens with zero attached hydrogens (tertiary/aromatic N) is 4. The molecule has 4 heterocycles. The molecule has 2 aromatic heterocycles. The summed E-state index contributed by atoms with van der Waals surface area (Å²) < 4.78 is 20.5. The zero-order valence-corrected chi connectivity index (χ0v) is 30.4. The number of hydrogen-bond donors (Lipinski definition) is 1. The highest BCUT2D eigenvalue weighted by molar-refractivity contribution is 6.00. The number of imidazole rings is 1. The second kappa shape index (κ2) is 14.9. The first-order valence-corrected chi connectivity index (χ1v) is 17.4. The van der Waals surface area contributed by atoms with Crippen molar-refractivity contribution >= 4 is 17.5 Å². The first-order valence-electron chi connectivity index (χ1n) is 17.4. The van der Waals surface area contributed by atoms with Gasteiger partial charge < -0.3 is 23.9 Å². The Morgan fingerprint density at radius 1 is 1.04 bits per heavy atom. The van der Waals surface area contributed by atoms with Crippen molar-refractivity contribution < 1.29 is 33.7 Å². The third kappa shape index (κ3) is 7.15. The maximum absolute atomic E-state index is 14.3. The maximum atomic E-state index is 14.3. The first-order chi connectivity index (χ1) is 22.5. The van der Waals surface area contributed by atoms with Crippen LogP contribution >= 0.6 is 0 Å². The smallest absolute Gasteiger partial charge is 0.316 e. The molecule has 9 atom stereocenters. The van der Waals surface area contributed by atoms with Gasteiger partial charge in [0.2, 0.25) is 6.41 Å². The Labute approximate surface area is 285 Å². The average molecular weight is 669 g/mol. The second-order valence-corrected chi connectivity index (χ2v) is 14.9. The number of aromatic nitrogens is 3. The minimum Gasteiger partial charge on any atom is -0.459 e. The van der Waals surface area contributed by atoms with Gasteiger partial charge in [0.05, 0.1) is 23.7 Å². The number of Topliss-reactive ketones (excluding diaryl/α,β-unsaturated/α-hetero) is 2. The molecule has 0 saturated carbocycles. The standard InChI is InChI=1S/C37H56N4O7/c1-11-29-37(9)32(41(34(45)48-37)18-13-12-17-40-21-28(39-22-40)27-15-14-16-38-20-27)24(3)30(42)23(2)19-36(8,46-10)35(6,7)26(5)31(43)25(4)33(44)47-29/h14-16,20-26,29,32,34,45H,11-13,17-19H2,1-10H3/t23-,24+,25-,26+,29-,32-,34?,36-,37-/m1/s1. The van der Waals surface area contributed by atoms with Crippen LogP contribution in [0.15, 0.2) is 37.1 Å². The summed E-state index contributed by atoms with van der Waals surface area (Å²) in [5.41, 5.74) is -0.981. The number of methoxy groups -OCH3 is 1. The average Bonchev–Trinajstić information content (AvgIpc) is 3.65. The van der Waals surface area contributed by atoms with Gasteiger partial charge in [0, 0.05) is 67.5 Å². The van der Waals surface area contributed by atoms with Gasteiger partial charge in [0.1, 0.15) is 29.2 Å². The van der Waals surface area contributed by atoms with Crippen molar-refractivity contribution in [3.8, 4) is 11.3 Å². The molecule has 0 spiro atoms. The van der Waals surface area contributed by atoms with E-state index < -0.39 is 64.8 Å². The summed E-state index contributed by atoms with van der Waals surface area (Å²) in [6.07, 6.45) is 7.45. The number of ketones is 2. The van der Waals surface area contributed by atoms with Crippen LogP contribution in [-0.2, 0) is 35.1 Å². The Kier molecular flexibility index (Phi) is 11.7. The molecule has 2 aliphatic rings. The van der Waals surface area contributed by atoms with Crippen molar-refractivity contribution in [1.29, 1.82) is 0 Å². The van der Waals surface area contributed by atoms with Gasteiger partial charge in [0.25, 0.3) is 0 Å². The molecule has 1 unspecified atom stereocenters. The lowest BCUT2D eigenvalue weighted by Crippen LogP contribution is -2.59. The van der Waals surface area contributed by atoms with E-state index in [9.17, 15) is 19.5 Å². The summed E-state index contributed by atoms with van der Waals surface area (Å²) in [5.74, 6) is -3.45. The SMILES string of the molecule is CC[C@H]1OC(=O)[C@H](C)C(=O)[C@H](C)C(C)(C)[C@](C)(OC)C[C@@H](C)C(=O)[C@H](C)[C@H]2N(CCCCn3cnc(-c4cccnc4)c3)C(O)O[C@]12C. The molecule has 266 valence electrons. The zero-order valence-electron chi connectivity index (χ0n) is 30.4. The van der Waals surface area contributed by atoms with Crippen LogP contribution in [0.25, 0.3) is 11.3 Å². The van der Waals surface area contributed by atoms with Crippen LogP contribution in [0.1, 0.15) is 88.0 Å². The highest BCUT2D eigenvalue weighted by Gasteiger charge is 2.59. The number of cyclic esters (lactones) is 1. The van der Waals surface area contributed by atoms with E-state index in [2.05, 4.69) is 9.97 Å².